The molecule has 1 rings (SSSR count). The molecule has 0 saturated carbocycles. The van der Waals surface area contributed by atoms with Gasteiger partial charge in [-0.3, -0.25) is 9.59 Å². The number of carboxylic acids is 1. The molecule has 0 unspecified atom stereocenters. The number of amides is 1. The number of nitrogens with one attached hydrogen (secondary N) is 1. The van der Waals surface area contributed by atoms with Gasteiger partial charge in [-0.15, -0.1) is 0 Å². The Morgan fingerprint density at radius 1 is 1.56 bits per heavy atom. The molecule has 98 valence electrons. The molecular weight excluding hydrogens is 309 g/mol. The summed E-state index contributed by atoms with van der Waals surface area (Å²) in [4.78, 5) is 21.8. The molecule has 18 heavy (non-hydrogen) atoms. The molecule has 1 amide bonds. The Labute approximate surface area is 111 Å². The first-order valence-electron chi connectivity index (χ1n) is 5.00. The summed E-state index contributed by atoms with van der Waals surface area (Å²) in [6.45, 7) is 0.996. The fraction of sp³-hybridized carbons (Fsp3) is 0.273. The van der Waals surface area contributed by atoms with Crippen molar-refractivity contribution in [3.05, 3.63) is 28.5 Å². The second-order valence-corrected chi connectivity index (χ2v) is 4.35. The SMILES string of the molecule is C[C@H](NC(=O)COc1ccc(F)cc1Br)C(=O)O. The summed E-state index contributed by atoms with van der Waals surface area (Å²) in [5.41, 5.74) is 0. The normalized spacial score (nSPS) is 11.7. The molecule has 0 heterocycles. The molecule has 1 atom stereocenters. The maximum Gasteiger partial charge on any atom is 0.325 e. The van der Waals surface area contributed by atoms with Gasteiger partial charge in [0.25, 0.3) is 5.91 Å². The van der Waals surface area contributed by atoms with Gasteiger partial charge in [-0.05, 0) is 41.1 Å². The number of benzene rings is 1. The van der Waals surface area contributed by atoms with E-state index in [2.05, 4.69) is 21.2 Å². The van der Waals surface area contributed by atoms with Crippen molar-refractivity contribution in [2.45, 2.75) is 13.0 Å². The Kier molecular flexibility index (Phi) is 5.08. The minimum Gasteiger partial charge on any atom is -0.483 e. The predicted molar refractivity (Wildman–Crippen MR) is 64.8 cm³/mol. The minimum absolute atomic E-state index is 0.300. The van der Waals surface area contributed by atoms with Crippen LogP contribution in [0, 0.1) is 5.82 Å². The van der Waals surface area contributed by atoms with Crippen LogP contribution < -0.4 is 10.1 Å². The Hall–Kier alpha value is -1.63. The highest BCUT2D eigenvalue weighted by Crippen LogP contribution is 2.25. The topological polar surface area (TPSA) is 75.6 Å². The number of hydrogen-bond donors (Lipinski definition) is 2. The van der Waals surface area contributed by atoms with Gasteiger partial charge < -0.3 is 15.2 Å². The molecular formula is C11H11BrFNO4. The molecule has 0 radical (unpaired) electrons. The summed E-state index contributed by atoms with van der Waals surface area (Å²) in [5.74, 6) is -1.83. The Morgan fingerprint density at radius 2 is 2.22 bits per heavy atom. The van der Waals surface area contributed by atoms with Crippen molar-refractivity contribution in [2.75, 3.05) is 6.61 Å². The smallest absolute Gasteiger partial charge is 0.325 e. The van der Waals surface area contributed by atoms with Crippen LogP contribution in [-0.2, 0) is 9.59 Å². The van der Waals surface area contributed by atoms with Crippen LogP contribution in [0.2, 0.25) is 0 Å². The van der Waals surface area contributed by atoms with Crippen molar-refractivity contribution in [3.63, 3.8) is 0 Å². The largest absolute Gasteiger partial charge is 0.483 e. The number of rotatable bonds is 5. The highest BCUT2D eigenvalue weighted by molar-refractivity contribution is 9.10. The molecule has 1 aromatic rings. The van der Waals surface area contributed by atoms with Crippen molar-refractivity contribution < 1.29 is 23.8 Å². The van der Waals surface area contributed by atoms with Gasteiger partial charge in [-0.1, -0.05) is 0 Å². The number of ether oxygens (including phenoxy) is 1. The van der Waals surface area contributed by atoms with Crippen molar-refractivity contribution in [3.8, 4) is 5.75 Å². The van der Waals surface area contributed by atoms with Crippen LogP contribution in [0.15, 0.2) is 22.7 Å². The van der Waals surface area contributed by atoms with Crippen LogP contribution in [-0.4, -0.2) is 29.6 Å². The second kappa shape index (κ2) is 6.34. The quantitative estimate of drug-likeness (QED) is 0.863. The van der Waals surface area contributed by atoms with E-state index in [1.807, 2.05) is 0 Å². The van der Waals surface area contributed by atoms with E-state index in [4.69, 9.17) is 9.84 Å². The zero-order valence-corrected chi connectivity index (χ0v) is 11.0. The van der Waals surface area contributed by atoms with E-state index >= 15 is 0 Å². The minimum atomic E-state index is -1.13. The van der Waals surface area contributed by atoms with Gasteiger partial charge >= 0.3 is 5.97 Å². The zero-order valence-electron chi connectivity index (χ0n) is 9.44. The molecule has 0 fully saturated rings. The number of aliphatic carboxylic acids is 1. The molecule has 0 aliphatic rings. The third-order valence-electron chi connectivity index (χ3n) is 2.00. The highest BCUT2D eigenvalue weighted by atomic mass is 79.9. The lowest BCUT2D eigenvalue weighted by molar-refractivity contribution is -0.141. The molecule has 0 saturated heterocycles. The first-order chi connectivity index (χ1) is 8.40. The van der Waals surface area contributed by atoms with Crippen LogP contribution in [0.25, 0.3) is 0 Å². The van der Waals surface area contributed by atoms with Crippen LogP contribution in [0.1, 0.15) is 6.92 Å². The molecule has 2 N–H and O–H groups in total. The molecule has 0 aromatic heterocycles. The first-order valence-corrected chi connectivity index (χ1v) is 5.79. The number of carboxylic acid groups (broad SMARTS) is 1. The summed E-state index contributed by atoms with van der Waals surface area (Å²) >= 11 is 3.08. The van der Waals surface area contributed by atoms with E-state index < -0.39 is 23.7 Å². The van der Waals surface area contributed by atoms with E-state index in [1.54, 1.807) is 0 Å². The average Bonchev–Trinajstić information content (AvgIpc) is 2.27. The molecule has 5 nitrogen and oxygen atoms in total. The second-order valence-electron chi connectivity index (χ2n) is 3.49. The lowest BCUT2D eigenvalue weighted by Crippen LogP contribution is -2.40. The monoisotopic (exact) mass is 319 g/mol. The van der Waals surface area contributed by atoms with E-state index in [0.717, 1.165) is 0 Å². The molecule has 0 aliphatic carbocycles. The maximum absolute atomic E-state index is 12.8. The van der Waals surface area contributed by atoms with Crippen molar-refractivity contribution >= 4 is 27.8 Å². The summed E-state index contributed by atoms with van der Waals surface area (Å²) in [7, 11) is 0. The summed E-state index contributed by atoms with van der Waals surface area (Å²) in [6, 6.07) is 2.77. The van der Waals surface area contributed by atoms with Gasteiger partial charge in [0.1, 0.15) is 17.6 Å². The van der Waals surface area contributed by atoms with Gasteiger partial charge in [0, 0.05) is 0 Å². The van der Waals surface area contributed by atoms with Crippen molar-refractivity contribution in [2.24, 2.45) is 0 Å². The van der Waals surface area contributed by atoms with E-state index in [9.17, 15) is 14.0 Å². The number of carbonyl (C=O) groups excluding carboxylic acids is 1. The van der Waals surface area contributed by atoms with Crippen LogP contribution >= 0.6 is 15.9 Å². The standard InChI is InChI=1S/C11H11BrFNO4/c1-6(11(16)17)14-10(15)5-18-9-3-2-7(13)4-8(9)12/h2-4,6H,5H2,1H3,(H,14,15)(H,16,17)/t6-/m0/s1. The Bertz CT molecular complexity index is 466. The van der Waals surface area contributed by atoms with Crippen molar-refractivity contribution in [1.29, 1.82) is 0 Å². The highest BCUT2D eigenvalue weighted by Gasteiger charge is 2.14. The number of hydrogen-bond acceptors (Lipinski definition) is 3. The lowest BCUT2D eigenvalue weighted by Gasteiger charge is -2.11. The zero-order chi connectivity index (χ0) is 13.7. The van der Waals surface area contributed by atoms with E-state index in [1.165, 1.54) is 25.1 Å². The van der Waals surface area contributed by atoms with Crippen LogP contribution in [0.4, 0.5) is 4.39 Å². The fourth-order valence-electron chi connectivity index (χ4n) is 1.08. The van der Waals surface area contributed by atoms with E-state index in [-0.39, 0.29) is 6.61 Å². The van der Waals surface area contributed by atoms with Gasteiger partial charge in [0.15, 0.2) is 6.61 Å². The maximum atomic E-state index is 12.8. The van der Waals surface area contributed by atoms with Gasteiger partial charge in [-0.2, -0.15) is 0 Å². The fourth-order valence-corrected chi connectivity index (χ4v) is 1.55. The summed E-state index contributed by atoms with van der Waals surface area (Å²) < 4.78 is 18.3. The molecule has 0 aliphatic heterocycles. The lowest BCUT2D eigenvalue weighted by atomic mass is 10.3. The average molecular weight is 320 g/mol. The van der Waals surface area contributed by atoms with Gasteiger partial charge in [-0.25, -0.2) is 4.39 Å². The molecule has 0 spiro atoms. The number of carbonyl (C=O) groups is 2. The van der Waals surface area contributed by atoms with Crippen molar-refractivity contribution in [1.82, 2.24) is 5.32 Å². The summed E-state index contributed by atoms with van der Waals surface area (Å²) in [6.07, 6.45) is 0. The molecule has 7 heteroatoms. The Morgan fingerprint density at radius 3 is 2.78 bits per heavy atom. The third kappa shape index (κ3) is 4.33. The molecule has 0 bridgehead atoms. The van der Waals surface area contributed by atoms with Gasteiger partial charge in [0.2, 0.25) is 0 Å². The first kappa shape index (κ1) is 14.4. The predicted octanol–water partition coefficient (Wildman–Crippen LogP) is 1.56. The van der Waals surface area contributed by atoms with Gasteiger partial charge in [0.05, 0.1) is 4.47 Å². The Balaban J connectivity index is 2.50. The van der Waals surface area contributed by atoms with Crippen LogP contribution in [0.5, 0.6) is 5.75 Å². The summed E-state index contributed by atoms with van der Waals surface area (Å²) in [5, 5.41) is 10.8. The molecule has 1 aromatic carbocycles. The third-order valence-corrected chi connectivity index (χ3v) is 2.62. The number of halogens is 2. The van der Waals surface area contributed by atoms with Crippen LogP contribution in [0.3, 0.4) is 0 Å². The van der Waals surface area contributed by atoms with E-state index in [0.29, 0.717) is 10.2 Å².